The third-order valence-corrected chi connectivity index (χ3v) is 4.38. The molecule has 1 saturated heterocycles. The largest absolute Gasteiger partial charge is 0.377 e. The number of ether oxygens (including phenoxy) is 1. The summed E-state index contributed by atoms with van der Waals surface area (Å²) in [5, 5.41) is 11.7. The fourth-order valence-corrected chi connectivity index (χ4v) is 3.31. The van der Waals surface area contributed by atoms with Crippen molar-refractivity contribution in [3.63, 3.8) is 0 Å². The Morgan fingerprint density at radius 1 is 1.58 bits per heavy atom. The van der Waals surface area contributed by atoms with E-state index >= 15 is 0 Å². The maximum absolute atomic E-state index is 11.4. The first-order valence-corrected chi connectivity index (χ1v) is 6.79. The van der Waals surface area contributed by atoms with Crippen molar-refractivity contribution in [2.24, 2.45) is 0 Å². The molecule has 19 heavy (non-hydrogen) atoms. The van der Waals surface area contributed by atoms with Crippen LogP contribution >= 0.6 is 11.3 Å². The van der Waals surface area contributed by atoms with Crippen molar-refractivity contribution in [2.75, 3.05) is 24.7 Å². The Balaban J connectivity index is 2.48. The van der Waals surface area contributed by atoms with Crippen LogP contribution in [0.1, 0.15) is 30.4 Å². The van der Waals surface area contributed by atoms with Crippen LogP contribution in [0.2, 0.25) is 0 Å². The van der Waals surface area contributed by atoms with Gasteiger partial charge < -0.3 is 9.64 Å². The lowest BCUT2D eigenvalue weighted by molar-refractivity contribution is -0.383. The van der Waals surface area contributed by atoms with Gasteiger partial charge in [-0.15, -0.1) is 11.3 Å². The minimum Gasteiger partial charge on any atom is -0.377 e. The second kappa shape index (κ2) is 4.90. The topological polar surface area (TPSA) is 72.7 Å². The first-order valence-electron chi connectivity index (χ1n) is 5.97. The molecule has 104 valence electrons. The van der Waals surface area contributed by atoms with E-state index in [9.17, 15) is 14.9 Å². The molecule has 1 fully saturated rings. The molecule has 0 N–H and O–H groups in total. The SMILES string of the molecule is CC(=O)c1cc([N+](=O)[O-])c(N2CCOCC2(C)C)s1. The quantitative estimate of drug-likeness (QED) is 0.484. The van der Waals surface area contributed by atoms with Gasteiger partial charge in [0, 0.05) is 12.6 Å². The van der Waals surface area contributed by atoms with Crippen LogP contribution in [0.5, 0.6) is 0 Å². The smallest absolute Gasteiger partial charge is 0.304 e. The third kappa shape index (κ3) is 2.62. The number of ketones is 1. The van der Waals surface area contributed by atoms with Gasteiger partial charge in [0.15, 0.2) is 10.8 Å². The number of anilines is 1. The van der Waals surface area contributed by atoms with Crippen LogP contribution in [-0.4, -0.2) is 36.0 Å². The second-order valence-corrected chi connectivity index (χ2v) is 6.16. The zero-order chi connectivity index (χ0) is 14.2. The molecule has 0 unspecified atom stereocenters. The number of rotatable bonds is 3. The van der Waals surface area contributed by atoms with Crippen molar-refractivity contribution in [2.45, 2.75) is 26.3 Å². The molecule has 7 heteroatoms. The summed E-state index contributed by atoms with van der Waals surface area (Å²) in [6, 6.07) is 1.37. The summed E-state index contributed by atoms with van der Waals surface area (Å²) < 4.78 is 5.42. The molecule has 0 amide bonds. The molecule has 0 atom stereocenters. The van der Waals surface area contributed by atoms with Crippen molar-refractivity contribution in [1.82, 2.24) is 0 Å². The Morgan fingerprint density at radius 3 is 2.79 bits per heavy atom. The summed E-state index contributed by atoms with van der Waals surface area (Å²) in [6.07, 6.45) is 0. The first-order chi connectivity index (χ1) is 8.83. The van der Waals surface area contributed by atoms with Gasteiger partial charge >= 0.3 is 5.69 Å². The third-order valence-electron chi connectivity index (χ3n) is 3.13. The normalized spacial score (nSPS) is 18.4. The summed E-state index contributed by atoms with van der Waals surface area (Å²) in [6.45, 7) is 7.01. The van der Waals surface area contributed by atoms with Gasteiger partial charge in [0.05, 0.1) is 28.6 Å². The van der Waals surface area contributed by atoms with Gasteiger partial charge in [0.1, 0.15) is 0 Å². The van der Waals surface area contributed by atoms with E-state index in [-0.39, 0.29) is 17.0 Å². The summed E-state index contributed by atoms with van der Waals surface area (Å²) in [5.41, 5.74) is -0.313. The minimum atomic E-state index is -0.427. The number of carbonyl (C=O) groups excluding carboxylic acids is 1. The van der Waals surface area contributed by atoms with Crippen molar-refractivity contribution >= 4 is 27.8 Å². The highest BCUT2D eigenvalue weighted by molar-refractivity contribution is 7.18. The number of hydrogen-bond acceptors (Lipinski definition) is 6. The van der Waals surface area contributed by atoms with Gasteiger partial charge in [-0.1, -0.05) is 0 Å². The van der Waals surface area contributed by atoms with E-state index in [0.29, 0.717) is 29.6 Å². The molecule has 1 aliphatic rings. The van der Waals surface area contributed by atoms with E-state index in [1.165, 1.54) is 24.3 Å². The fraction of sp³-hybridized carbons (Fsp3) is 0.583. The summed E-state index contributed by atoms with van der Waals surface area (Å²) in [5.74, 6) is -0.148. The molecule has 2 heterocycles. The van der Waals surface area contributed by atoms with E-state index in [1.807, 2.05) is 18.7 Å². The lowest BCUT2D eigenvalue weighted by atomic mass is 10.0. The molecule has 0 bridgehead atoms. The monoisotopic (exact) mass is 284 g/mol. The molecule has 0 saturated carbocycles. The molecule has 1 aliphatic heterocycles. The lowest BCUT2D eigenvalue weighted by Gasteiger charge is -2.42. The molecule has 2 rings (SSSR count). The Hall–Kier alpha value is -1.47. The Kier molecular flexibility index (Phi) is 3.60. The Bertz CT molecular complexity index is 524. The summed E-state index contributed by atoms with van der Waals surface area (Å²) >= 11 is 1.18. The predicted octanol–water partition coefficient (Wildman–Crippen LogP) is 2.47. The van der Waals surface area contributed by atoms with Gasteiger partial charge in [0.2, 0.25) is 0 Å². The van der Waals surface area contributed by atoms with Crippen LogP contribution in [-0.2, 0) is 4.74 Å². The number of hydrogen-bond donors (Lipinski definition) is 0. The van der Waals surface area contributed by atoms with Gasteiger partial charge in [-0.2, -0.15) is 0 Å². The lowest BCUT2D eigenvalue weighted by Crippen LogP contribution is -2.53. The van der Waals surface area contributed by atoms with Crippen LogP contribution in [0.4, 0.5) is 10.7 Å². The molecule has 0 radical (unpaired) electrons. The average molecular weight is 284 g/mol. The van der Waals surface area contributed by atoms with Crippen LogP contribution in [0.15, 0.2) is 6.07 Å². The number of thiophene rings is 1. The Morgan fingerprint density at radius 2 is 2.26 bits per heavy atom. The van der Waals surface area contributed by atoms with Crippen LogP contribution in [0.3, 0.4) is 0 Å². The molecule has 6 nitrogen and oxygen atoms in total. The predicted molar refractivity (Wildman–Crippen MR) is 73.2 cm³/mol. The molecule has 0 aromatic carbocycles. The molecule has 1 aromatic rings. The van der Waals surface area contributed by atoms with Crippen molar-refractivity contribution < 1.29 is 14.5 Å². The number of morpholine rings is 1. The molecular formula is C12H16N2O4S. The van der Waals surface area contributed by atoms with Crippen LogP contribution in [0, 0.1) is 10.1 Å². The van der Waals surface area contributed by atoms with Crippen molar-refractivity contribution in [3.8, 4) is 0 Å². The zero-order valence-electron chi connectivity index (χ0n) is 11.1. The van der Waals surface area contributed by atoms with E-state index in [2.05, 4.69) is 0 Å². The standard InChI is InChI=1S/C12H16N2O4S/c1-8(15)10-6-9(14(16)17)11(19-10)13-4-5-18-7-12(13,2)3/h6H,4-5,7H2,1-3H3. The number of carbonyl (C=O) groups is 1. The molecule has 0 aliphatic carbocycles. The van der Waals surface area contributed by atoms with E-state index < -0.39 is 4.92 Å². The maximum atomic E-state index is 11.4. The van der Waals surface area contributed by atoms with Gasteiger partial charge in [0.25, 0.3) is 0 Å². The molecule has 0 spiro atoms. The van der Waals surface area contributed by atoms with E-state index in [4.69, 9.17) is 4.74 Å². The number of Topliss-reactive ketones (excluding diaryl/α,β-unsaturated/α-hetero) is 1. The summed E-state index contributed by atoms with van der Waals surface area (Å²) in [4.78, 5) is 24.5. The number of nitro groups is 1. The van der Waals surface area contributed by atoms with Crippen LogP contribution < -0.4 is 4.90 Å². The highest BCUT2D eigenvalue weighted by atomic mass is 32.1. The van der Waals surface area contributed by atoms with Crippen molar-refractivity contribution in [1.29, 1.82) is 0 Å². The molecular weight excluding hydrogens is 268 g/mol. The van der Waals surface area contributed by atoms with E-state index in [1.54, 1.807) is 0 Å². The fourth-order valence-electron chi connectivity index (χ4n) is 2.10. The van der Waals surface area contributed by atoms with Gasteiger partial charge in [-0.05, 0) is 20.8 Å². The highest BCUT2D eigenvalue weighted by Gasteiger charge is 2.36. The van der Waals surface area contributed by atoms with Gasteiger partial charge in [-0.25, -0.2) is 0 Å². The Labute approximate surface area is 115 Å². The van der Waals surface area contributed by atoms with Crippen molar-refractivity contribution in [3.05, 3.63) is 21.1 Å². The zero-order valence-corrected chi connectivity index (χ0v) is 12.0. The van der Waals surface area contributed by atoms with E-state index in [0.717, 1.165) is 0 Å². The molecule has 1 aromatic heterocycles. The second-order valence-electron chi connectivity index (χ2n) is 5.13. The minimum absolute atomic E-state index is 0.00479. The highest BCUT2D eigenvalue weighted by Crippen LogP contribution is 2.41. The summed E-state index contributed by atoms with van der Waals surface area (Å²) in [7, 11) is 0. The van der Waals surface area contributed by atoms with Crippen LogP contribution in [0.25, 0.3) is 0 Å². The average Bonchev–Trinajstić information content (AvgIpc) is 2.73. The number of nitrogens with zero attached hydrogens (tertiary/aromatic N) is 2. The first kappa shape index (κ1) is 14.0. The maximum Gasteiger partial charge on any atom is 0.304 e. The van der Waals surface area contributed by atoms with Gasteiger partial charge in [-0.3, -0.25) is 14.9 Å².